The molecule has 0 saturated carbocycles. The number of benzene rings is 2. The molecule has 9 heteroatoms. The summed E-state index contributed by atoms with van der Waals surface area (Å²) in [6.45, 7) is 4.08. The van der Waals surface area contributed by atoms with Gasteiger partial charge in [0.15, 0.2) is 5.57 Å². The highest BCUT2D eigenvalue weighted by atomic mass is 32.2. The highest BCUT2D eigenvalue weighted by Crippen LogP contribution is 2.25. The summed E-state index contributed by atoms with van der Waals surface area (Å²) in [6, 6.07) is 14.3. The number of ether oxygens (including phenoxy) is 2. The molecule has 8 nitrogen and oxygen atoms in total. The maximum absolute atomic E-state index is 12.7. The number of anilines is 2. The van der Waals surface area contributed by atoms with Gasteiger partial charge in [0.1, 0.15) is 11.8 Å². The Hall–Kier alpha value is -3.51. The average molecular weight is 415 g/mol. The molecule has 2 rings (SSSR count). The predicted octanol–water partition coefficient (Wildman–Crippen LogP) is 3.27. The molecule has 0 radical (unpaired) electrons. The van der Waals surface area contributed by atoms with Crippen LogP contribution in [0.5, 0.6) is 5.75 Å². The van der Waals surface area contributed by atoms with Gasteiger partial charge < -0.3 is 14.8 Å². The topological polar surface area (TPSA) is 118 Å². The molecule has 2 aromatic carbocycles. The number of nitrogens with zero attached hydrogens (tertiary/aromatic N) is 1. The summed E-state index contributed by atoms with van der Waals surface area (Å²) in [7, 11) is -3.86. The number of nitrogens with one attached hydrogen (secondary N) is 2. The molecule has 152 valence electrons. The second-order valence-electron chi connectivity index (χ2n) is 5.59. The van der Waals surface area contributed by atoms with Gasteiger partial charge in [-0.25, -0.2) is 13.2 Å². The first-order chi connectivity index (χ1) is 13.9. The van der Waals surface area contributed by atoms with Crippen LogP contribution < -0.4 is 14.8 Å². The van der Waals surface area contributed by atoms with E-state index in [0.29, 0.717) is 18.0 Å². The summed E-state index contributed by atoms with van der Waals surface area (Å²) in [5, 5.41) is 11.9. The molecule has 0 aliphatic heterocycles. The lowest BCUT2D eigenvalue weighted by Crippen LogP contribution is -2.14. The molecule has 0 bridgehead atoms. The Morgan fingerprint density at radius 3 is 2.31 bits per heavy atom. The maximum atomic E-state index is 12.7. The van der Waals surface area contributed by atoms with Gasteiger partial charge in [-0.15, -0.1) is 0 Å². The summed E-state index contributed by atoms with van der Waals surface area (Å²) in [5.74, 6) is -0.198. The van der Waals surface area contributed by atoms with Gasteiger partial charge in [-0.1, -0.05) is 12.1 Å². The Balaban J connectivity index is 2.24. The van der Waals surface area contributed by atoms with Crippen LogP contribution in [-0.4, -0.2) is 27.6 Å². The lowest BCUT2D eigenvalue weighted by molar-refractivity contribution is -0.138. The molecule has 0 unspecified atom stereocenters. The average Bonchev–Trinajstić information content (AvgIpc) is 2.70. The molecule has 2 aromatic rings. The minimum Gasteiger partial charge on any atom is -0.494 e. The van der Waals surface area contributed by atoms with Crippen molar-refractivity contribution in [2.75, 3.05) is 23.3 Å². The molecule has 0 atom stereocenters. The number of hydrogen-bond acceptors (Lipinski definition) is 7. The Morgan fingerprint density at radius 1 is 1.07 bits per heavy atom. The largest absolute Gasteiger partial charge is 0.494 e. The van der Waals surface area contributed by atoms with Crippen LogP contribution in [0.3, 0.4) is 0 Å². The van der Waals surface area contributed by atoms with Crippen LogP contribution in [0.15, 0.2) is 65.2 Å². The minimum atomic E-state index is -3.86. The molecule has 0 aromatic heterocycles. The zero-order chi connectivity index (χ0) is 21.3. The van der Waals surface area contributed by atoms with E-state index >= 15 is 0 Å². The number of carbonyl (C=O) groups excluding carboxylic acids is 1. The van der Waals surface area contributed by atoms with Crippen LogP contribution in [0.2, 0.25) is 0 Å². The Labute approximate surface area is 169 Å². The highest BCUT2D eigenvalue weighted by molar-refractivity contribution is 7.92. The smallest absolute Gasteiger partial charge is 0.350 e. The normalized spacial score (nSPS) is 11.3. The van der Waals surface area contributed by atoms with Crippen molar-refractivity contribution in [1.82, 2.24) is 0 Å². The first kappa shape index (κ1) is 21.8. The fourth-order valence-electron chi connectivity index (χ4n) is 2.28. The monoisotopic (exact) mass is 415 g/mol. The van der Waals surface area contributed by atoms with Crippen molar-refractivity contribution in [3.05, 3.63) is 60.3 Å². The lowest BCUT2D eigenvalue weighted by Gasteiger charge is -2.13. The van der Waals surface area contributed by atoms with Gasteiger partial charge in [0.25, 0.3) is 10.0 Å². The summed E-state index contributed by atoms with van der Waals surface area (Å²) in [6.07, 6.45) is 1.17. The maximum Gasteiger partial charge on any atom is 0.350 e. The summed E-state index contributed by atoms with van der Waals surface area (Å²) < 4.78 is 38.0. The Morgan fingerprint density at radius 2 is 1.72 bits per heavy atom. The Kier molecular flexibility index (Phi) is 7.62. The molecule has 0 fully saturated rings. The number of esters is 1. The van der Waals surface area contributed by atoms with E-state index in [0.717, 1.165) is 0 Å². The fraction of sp³-hybridized carbons (Fsp3) is 0.200. The van der Waals surface area contributed by atoms with Gasteiger partial charge in [-0.3, -0.25) is 4.72 Å². The quantitative estimate of drug-likeness (QED) is 0.367. The van der Waals surface area contributed by atoms with E-state index < -0.39 is 16.0 Å². The van der Waals surface area contributed by atoms with Crippen LogP contribution in [0.4, 0.5) is 11.4 Å². The van der Waals surface area contributed by atoms with Gasteiger partial charge >= 0.3 is 5.97 Å². The molecule has 0 aliphatic carbocycles. The molecule has 0 aliphatic rings. The third-order valence-corrected chi connectivity index (χ3v) is 4.99. The standard InChI is InChI=1S/C20H21N3O5S/c1-3-27-16-9-11-17(12-10-16)29(25,26)23-19-8-6-5-7-18(19)22-14-15(13-21)20(24)28-4-2/h5-12,14,22-23H,3-4H2,1-2H3/b15-14+. The van der Waals surface area contributed by atoms with E-state index in [9.17, 15) is 13.2 Å². The van der Waals surface area contributed by atoms with Crippen molar-refractivity contribution in [1.29, 1.82) is 5.26 Å². The first-order valence-electron chi connectivity index (χ1n) is 8.80. The number of nitriles is 1. The highest BCUT2D eigenvalue weighted by Gasteiger charge is 2.16. The van der Waals surface area contributed by atoms with E-state index in [2.05, 4.69) is 10.0 Å². The Bertz CT molecular complexity index is 1020. The molecule has 2 N–H and O–H groups in total. The zero-order valence-corrected chi connectivity index (χ0v) is 16.8. The molecule has 0 heterocycles. The van der Waals surface area contributed by atoms with Crippen molar-refractivity contribution in [3.8, 4) is 11.8 Å². The molecule has 0 spiro atoms. The van der Waals surface area contributed by atoms with Gasteiger partial charge in [0, 0.05) is 6.20 Å². The van der Waals surface area contributed by atoms with Crippen LogP contribution in [-0.2, 0) is 19.6 Å². The number of rotatable bonds is 9. The summed E-state index contributed by atoms with van der Waals surface area (Å²) in [4.78, 5) is 11.8. The zero-order valence-electron chi connectivity index (χ0n) is 16.0. The van der Waals surface area contributed by atoms with Crippen molar-refractivity contribution in [2.45, 2.75) is 18.7 Å². The summed E-state index contributed by atoms with van der Waals surface area (Å²) >= 11 is 0. The van der Waals surface area contributed by atoms with Gasteiger partial charge in [-0.2, -0.15) is 5.26 Å². The van der Waals surface area contributed by atoms with Gasteiger partial charge in [0.05, 0.1) is 29.5 Å². The second kappa shape index (κ2) is 10.1. The van der Waals surface area contributed by atoms with Crippen LogP contribution in [0, 0.1) is 11.3 Å². The number of hydrogen-bond donors (Lipinski definition) is 2. The van der Waals surface area contributed by atoms with Gasteiger partial charge in [0.2, 0.25) is 0 Å². The third-order valence-electron chi connectivity index (χ3n) is 3.60. The van der Waals surface area contributed by atoms with E-state index in [1.807, 2.05) is 6.92 Å². The number of carbonyl (C=O) groups is 1. The van der Waals surface area contributed by atoms with Crippen LogP contribution in [0.1, 0.15) is 13.8 Å². The predicted molar refractivity (Wildman–Crippen MR) is 109 cm³/mol. The second-order valence-corrected chi connectivity index (χ2v) is 7.27. The fourth-order valence-corrected chi connectivity index (χ4v) is 3.36. The number of sulfonamides is 1. The van der Waals surface area contributed by atoms with E-state index in [4.69, 9.17) is 14.7 Å². The SMILES string of the molecule is CCOC(=O)/C(C#N)=C/Nc1ccccc1NS(=O)(=O)c1ccc(OCC)cc1. The summed E-state index contributed by atoms with van der Waals surface area (Å²) in [5.41, 5.74) is 0.369. The van der Waals surface area contributed by atoms with E-state index in [1.165, 1.54) is 18.3 Å². The van der Waals surface area contributed by atoms with Crippen LogP contribution in [0.25, 0.3) is 0 Å². The molecule has 0 saturated heterocycles. The van der Waals surface area contributed by atoms with Crippen molar-refractivity contribution >= 4 is 27.4 Å². The molecule has 0 amide bonds. The van der Waals surface area contributed by atoms with E-state index in [1.54, 1.807) is 49.4 Å². The molecular weight excluding hydrogens is 394 g/mol. The number of para-hydroxylation sites is 2. The van der Waals surface area contributed by atoms with Crippen molar-refractivity contribution in [3.63, 3.8) is 0 Å². The molecular formula is C20H21N3O5S. The lowest BCUT2D eigenvalue weighted by atomic mass is 10.2. The molecule has 29 heavy (non-hydrogen) atoms. The minimum absolute atomic E-state index is 0.0653. The van der Waals surface area contributed by atoms with Crippen molar-refractivity contribution < 1.29 is 22.7 Å². The third kappa shape index (κ3) is 5.99. The van der Waals surface area contributed by atoms with Crippen LogP contribution >= 0.6 is 0 Å². The van der Waals surface area contributed by atoms with Gasteiger partial charge in [-0.05, 0) is 50.2 Å². The van der Waals surface area contributed by atoms with Crippen molar-refractivity contribution in [2.24, 2.45) is 0 Å². The first-order valence-corrected chi connectivity index (χ1v) is 10.3. The van der Waals surface area contributed by atoms with E-state index in [-0.39, 0.29) is 22.8 Å².